The van der Waals surface area contributed by atoms with Gasteiger partial charge in [0.15, 0.2) is 12.1 Å². The van der Waals surface area contributed by atoms with Crippen molar-refractivity contribution in [1.29, 1.82) is 0 Å². The molecule has 12 heteroatoms. The summed E-state index contributed by atoms with van der Waals surface area (Å²) in [6.07, 6.45) is 0.121. The quantitative estimate of drug-likeness (QED) is 0.163. The van der Waals surface area contributed by atoms with Crippen LogP contribution in [0.3, 0.4) is 0 Å². The minimum absolute atomic E-state index is 0.0548. The molecule has 1 fully saturated rings. The molecule has 0 aliphatic carbocycles. The molecular weight excluding hydrogens is 578 g/mol. The number of nitrogens with one attached hydrogen (secondary N) is 3. The van der Waals surface area contributed by atoms with Gasteiger partial charge in [-0.3, -0.25) is 14.5 Å². The van der Waals surface area contributed by atoms with Crippen molar-refractivity contribution in [2.24, 2.45) is 5.92 Å². The van der Waals surface area contributed by atoms with Crippen LogP contribution >= 0.6 is 0 Å². The van der Waals surface area contributed by atoms with Gasteiger partial charge < -0.3 is 35.8 Å². The Kier molecular flexibility index (Phi) is 15.3. The molecule has 0 radical (unpaired) electrons. The molecule has 1 heterocycles. The third-order valence-electron chi connectivity index (χ3n) is 7.53. The molecule has 0 bridgehead atoms. The summed E-state index contributed by atoms with van der Waals surface area (Å²) in [6, 6.07) is 16.1. The smallest absolute Gasteiger partial charge is 0.407 e. The molecule has 1 saturated heterocycles. The van der Waals surface area contributed by atoms with Crippen LogP contribution in [-0.2, 0) is 36.9 Å². The Balaban J connectivity index is 1.59. The molecule has 2 aromatic carbocycles. The molecule has 3 amide bonds. The first kappa shape index (κ1) is 35.5. The number of morpholine rings is 1. The number of quaternary nitrogens is 1. The summed E-state index contributed by atoms with van der Waals surface area (Å²) >= 11 is 0. The van der Waals surface area contributed by atoms with Crippen molar-refractivity contribution in [1.82, 2.24) is 20.9 Å². The third-order valence-corrected chi connectivity index (χ3v) is 7.53. The molecule has 3 atom stereocenters. The number of nitrogens with zero attached hydrogens (tertiary/aromatic N) is 1. The Morgan fingerprint density at radius 2 is 1.53 bits per heavy atom. The van der Waals surface area contributed by atoms with Gasteiger partial charge in [-0.2, -0.15) is 0 Å². The number of carboxylic acids is 1. The van der Waals surface area contributed by atoms with Crippen molar-refractivity contribution in [3.8, 4) is 0 Å². The fraction of sp³-hybridized carbons (Fsp3) is 0.515. The van der Waals surface area contributed by atoms with E-state index in [1.165, 1.54) is 5.32 Å². The maximum Gasteiger partial charge on any atom is 0.407 e. The number of ether oxygens (including phenoxy) is 2. The maximum atomic E-state index is 13.6. The SMILES string of the molecule is CC(C)C[C@H]([NH2+][C@H](CCNC(=O)OCc1ccccc1)C(=O)O)C(=O)N[C@@H](Cc1ccccc1)C(=O)NCCN1CCOCC1. The Morgan fingerprint density at radius 1 is 0.889 bits per heavy atom. The van der Waals surface area contributed by atoms with E-state index in [1.54, 1.807) is 0 Å². The van der Waals surface area contributed by atoms with E-state index in [1.807, 2.05) is 74.5 Å². The van der Waals surface area contributed by atoms with Crippen molar-refractivity contribution in [2.75, 3.05) is 45.9 Å². The number of carbonyl (C=O) groups is 4. The van der Waals surface area contributed by atoms with Crippen LogP contribution < -0.4 is 21.3 Å². The Hall–Kier alpha value is -4.00. The Labute approximate surface area is 265 Å². The van der Waals surface area contributed by atoms with Crippen LogP contribution in [0.15, 0.2) is 60.7 Å². The van der Waals surface area contributed by atoms with Crippen LogP contribution in [0.25, 0.3) is 0 Å². The molecule has 6 N–H and O–H groups in total. The second kappa shape index (κ2) is 19.4. The summed E-state index contributed by atoms with van der Waals surface area (Å²) in [5.41, 5.74) is 1.73. The van der Waals surface area contributed by atoms with E-state index < -0.39 is 36.1 Å². The monoisotopic (exact) mass is 626 g/mol. The third kappa shape index (κ3) is 13.7. The number of amides is 3. The van der Waals surface area contributed by atoms with Gasteiger partial charge in [-0.15, -0.1) is 0 Å². The Morgan fingerprint density at radius 3 is 2.16 bits per heavy atom. The number of carboxylic acid groups (broad SMARTS) is 1. The number of alkyl carbamates (subject to hydrolysis) is 1. The number of aliphatic carboxylic acids is 1. The van der Waals surface area contributed by atoms with Gasteiger partial charge in [-0.05, 0) is 17.0 Å². The van der Waals surface area contributed by atoms with Gasteiger partial charge in [-0.25, -0.2) is 9.59 Å². The minimum Gasteiger partial charge on any atom is -0.477 e. The van der Waals surface area contributed by atoms with Crippen molar-refractivity contribution in [2.45, 2.75) is 57.8 Å². The number of benzene rings is 2. The van der Waals surface area contributed by atoms with Crippen molar-refractivity contribution >= 4 is 23.9 Å². The van der Waals surface area contributed by atoms with E-state index in [0.717, 1.165) is 24.2 Å². The molecule has 0 saturated carbocycles. The fourth-order valence-electron chi connectivity index (χ4n) is 5.09. The van der Waals surface area contributed by atoms with Crippen molar-refractivity contribution in [3.63, 3.8) is 0 Å². The first-order chi connectivity index (χ1) is 21.7. The van der Waals surface area contributed by atoms with Gasteiger partial charge in [0.25, 0.3) is 5.91 Å². The second-order valence-electron chi connectivity index (χ2n) is 11.6. The highest BCUT2D eigenvalue weighted by Crippen LogP contribution is 2.07. The highest BCUT2D eigenvalue weighted by atomic mass is 16.5. The van der Waals surface area contributed by atoms with Crippen LogP contribution in [0.2, 0.25) is 0 Å². The van der Waals surface area contributed by atoms with E-state index in [9.17, 15) is 24.3 Å². The van der Waals surface area contributed by atoms with Gasteiger partial charge in [0.2, 0.25) is 5.91 Å². The topological polar surface area (TPSA) is 163 Å². The fourth-order valence-corrected chi connectivity index (χ4v) is 5.09. The lowest BCUT2D eigenvalue weighted by Gasteiger charge is -2.27. The zero-order chi connectivity index (χ0) is 32.4. The summed E-state index contributed by atoms with van der Waals surface area (Å²) in [5.74, 6) is -1.71. The van der Waals surface area contributed by atoms with Gasteiger partial charge in [-0.1, -0.05) is 74.5 Å². The molecule has 45 heavy (non-hydrogen) atoms. The lowest BCUT2D eigenvalue weighted by atomic mass is 10.00. The number of rotatable bonds is 18. The number of nitrogens with two attached hydrogens (primary N) is 1. The van der Waals surface area contributed by atoms with Crippen LogP contribution in [-0.4, -0.2) is 97.9 Å². The largest absolute Gasteiger partial charge is 0.477 e. The van der Waals surface area contributed by atoms with Crippen LogP contribution in [0.1, 0.15) is 37.8 Å². The van der Waals surface area contributed by atoms with Crippen LogP contribution in [0.4, 0.5) is 4.79 Å². The molecule has 3 rings (SSSR count). The van der Waals surface area contributed by atoms with E-state index in [-0.39, 0.29) is 31.4 Å². The van der Waals surface area contributed by atoms with E-state index >= 15 is 0 Å². The number of hydrogen-bond donors (Lipinski definition) is 5. The minimum atomic E-state index is -1.10. The summed E-state index contributed by atoms with van der Waals surface area (Å²) < 4.78 is 10.6. The van der Waals surface area contributed by atoms with Crippen molar-refractivity contribution in [3.05, 3.63) is 71.8 Å². The van der Waals surface area contributed by atoms with Gasteiger partial charge in [0.05, 0.1) is 13.2 Å². The van der Waals surface area contributed by atoms with Gasteiger partial charge in [0, 0.05) is 52.0 Å². The highest BCUT2D eigenvalue weighted by molar-refractivity contribution is 5.89. The first-order valence-electron chi connectivity index (χ1n) is 15.7. The zero-order valence-electron chi connectivity index (χ0n) is 26.3. The Bertz CT molecular complexity index is 1190. The first-order valence-corrected chi connectivity index (χ1v) is 15.7. The van der Waals surface area contributed by atoms with Crippen LogP contribution in [0, 0.1) is 5.92 Å². The average Bonchev–Trinajstić information content (AvgIpc) is 3.03. The molecule has 0 unspecified atom stereocenters. The number of hydrogen-bond acceptors (Lipinski definition) is 7. The van der Waals surface area contributed by atoms with Crippen LogP contribution in [0.5, 0.6) is 0 Å². The van der Waals surface area contributed by atoms with E-state index in [0.29, 0.717) is 39.1 Å². The molecule has 0 spiro atoms. The molecule has 246 valence electrons. The molecule has 2 aromatic rings. The second-order valence-corrected chi connectivity index (χ2v) is 11.6. The predicted molar refractivity (Wildman–Crippen MR) is 168 cm³/mol. The summed E-state index contributed by atoms with van der Waals surface area (Å²) in [7, 11) is 0. The van der Waals surface area contributed by atoms with Gasteiger partial charge >= 0.3 is 12.1 Å². The van der Waals surface area contributed by atoms with E-state index in [2.05, 4.69) is 20.9 Å². The number of carbonyl (C=O) groups excluding carboxylic acids is 3. The normalized spacial score (nSPS) is 15.4. The average molecular weight is 627 g/mol. The summed E-state index contributed by atoms with van der Waals surface area (Å²) in [5, 5.41) is 19.9. The predicted octanol–water partition coefficient (Wildman–Crippen LogP) is 0.910. The highest BCUT2D eigenvalue weighted by Gasteiger charge is 2.33. The van der Waals surface area contributed by atoms with Gasteiger partial charge in [0.1, 0.15) is 12.6 Å². The zero-order valence-corrected chi connectivity index (χ0v) is 26.3. The molecule has 0 aromatic heterocycles. The van der Waals surface area contributed by atoms with Crippen molar-refractivity contribution < 1.29 is 39.1 Å². The lowest BCUT2D eigenvalue weighted by molar-refractivity contribution is -0.700. The standard InChI is InChI=1S/C33H47N5O7/c1-24(2)21-28(36-27(32(41)42)13-14-35-33(43)45-23-26-11-7-4-8-12-26)31(40)37-29(22-25-9-5-3-6-10-25)30(39)34-15-16-38-17-19-44-20-18-38/h3-12,24,27-29,36H,13-23H2,1-2H3,(H,34,39)(H,35,43)(H,37,40)(H,41,42)/p+1/t27-,28+,29+/m1/s1. The summed E-state index contributed by atoms with van der Waals surface area (Å²) in [4.78, 5) is 53.5. The lowest BCUT2D eigenvalue weighted by Crippen LogP contribution is -2.99. The molecular formula is C33H48N5O7+. The van der Waals surface area contributed by atoms with E-state index in [4.69, 9.17) is 9.47 Å². The molecule has 12 nitrogen and oxygen atoms in total. The molecule has 1 aliphatic rings. The maximum absolute atomic E-state index is 13.6. The summed E-state index contributed by atoms with van der Waals surface area (Å²) in [6.45, 7) is 8.12. The molecule has 1 aliphatic heterocycles.